The number of guanidine groups is 1. The van der Waals surface area contributed by atoms with E-state index in [1.807, 2.05) is 0 Å². The summed E-state index contributed by atoms with van der Waals surface area (Å²) in [5.74, 6) is -0.168. The van der Waals surface area contributed by atoms with Crippen molar-refractivity contribution in [2.45, 2.75) is 38.8 Å². The second kappa shape index (κ2) is 12.2. The molecule has 0 aromatic carbocycles. The molecule has 1 aromatic rings. The van der Waals surface area contributed by atoms with E-state index in [4.69, 9.17) is 10.5 Å². The number of ether oxygens (including phenoxy) is 1. The van der Waals surface area contributed by atoms with E-state index < -0.39 is 17.6 Å². The number of hydrogen-bond donors (Lipinski definition) is 2. The lowest BCUT2D eigenvalue weighted by molar-refractivity contribution is -0.139. The molecule has 0 bridgehead atoms. The van der Waals surface area contributed by atoms with Crippen molar-refractivity contribution in [1.29, 1.82) is 0 Å². The Kier molecular flexibility index (Phi) is 11.5. The van der Waals surface area contributed by atoms with Gasteiger partial charge in [0, 0.05) is 12.7 Å². The number of unbranched alkanes of at least 4 members (excludes halogenated alkanes) is 3. The van der Waals surface area contributed by atoms with Crippen molar-refractivity contribution < 1.29 is 17.9 Å². The molecule has 1 aromatic heterocycles. The first-order valence-corrected chi connectivity index (χ1v) is 7.64. The minimum atomic E-state index is -4.49. The van der Waals surface area contributed by atoms with Crippen molar-refractivity contribution in [2.24, 2.45) is 10.7 Å². The van der Waals surface area contributed by atoms with Crippen LogP contribution < -0.4 is 15.8 Å². The molecule has 1 heterocycles. The molecule has 0 amide bonds. The van der Waals surface area contributed by atoms with Crippen molar-refractivity contribution in [3.05, 3.63) is 23.9 Å². The van der Waals surface area contributed by atoms with E-state index in [9.17, 15) is 13.2 Å². The van der Waals surface area contributed by atoms with Crippen LogP contribution in [0.5, 0.6) is 5.88 Å². The number of nitrogens with one attached hydrogen (secondary N) is 1. The molecule has 0 saturated heterocycles. The average Bonchev–Trinajstić information content (AvgIpc) is 2.51. The van der Waals surface area contributed by atoms with Crippen molar-refractivity contribution in [2.75, 3.05) is 19.7 Å². The standard InChI is InChI=1S/C15H23F3N4O.HI/c1-2-3-4-5-8-21-14(19)22-10-11-23-13-12(15(16,17)18)7-6-9-20-13;/h6-7,9H,2-5,8,10-11H2,1H3,(H3,19,21,22);1H. The van der Waals surface area contributed by atoms with E-state index in [0.29, 0.717) is 6.54 Å². The third-order valence-corrected chi connectivity index (χ3v) is 3.02. The lowest BCUT2D eigenvalue weighted by Crippen LogP contribution is -2.35. The number of nitrogens with zero attached hydrogens (tertiary/aromatic N) is 2. The molecule has 3 N–H and O–H groups in total. The van der Waals surface area contributed by atoms with E-state index in [1.54, 1.807) is 0 Å². The van der Waals surface area contributed by atoms with Gasteiger partial charge in [0.1, 0.15) is 12.2 Å². The molecule has 138 valence electrons. The summed E-state index contributed by atoms with van der Waals surface area (Å²) in [6.45, 7) is 3.02. The van der Waals surface area contributed by atoms with Crippen LogP contribution in [-0.2, 0) is 6.18 Å². The van der Waals surface area contributed by atoms with Crippen LogP contribution >= 0.6 is 24.0 Å². The fraction of sp³-hybridized carbons (Fsp3) is 0.600. The van der Waals surface area contributed by atoms with Crippen molar-refractivity contribution >= 4 is 29.9 Å². The zero-order valence-corrected chi connectivity index (χ0v) is 15.9. The van der Waals surface area contributed by atoms with E-state index in [-0.39, 0.29) is 43.1 Å². The van der Waals surface area contributed by atoms with Crippen LogP contribution in [0.25, 0.3) is 0 Å². The molecule has 5 nitrogen and oxygen atoms in total. The Morgan fingerprint density at radius 3 is 2.75 bits per heavy atom. The van der Waals surface area contributed by atoms with Gasteiger partial charge >= 0.3 is 6.18 Å². The van der Waals surface area contributed by atoms with Gasteiger partial charge in [-0.25, -0.2) is 4.98 Å². The Bertz CT molecular complexity index is 498. The maximum Gasteiger partial charge on any atom is 0.421 e. The summed E-state index contributed by atoms with van der Waals surface area (Å²) in [6, 6.07) is 2.15. The first-order valence-electron chi connectivity index (χ1n) is 7.64. The van der Waals surface area contributed by atoms with Crippen LogP contribution in [0.3, 0.4) is 0 Å². The van der Waals surface area contributed by atoms with Gasteiger partial charge < -0.3 is 15.8 Å². The smallest absolute Gasteiger partial charge is 0.421 e. The van der Waals surface area contributed by atoms with Gasteiger partial charge in [0.25, 0.3) is 0 Å². The normalized spacial score (nSPS) is 11.8. The van der Waals surface area contributed by atoms with Crippen LogP contribution in [0.2, 0.25) is 0 Å². The molecule has 24 heavy (non-hydrogen) atoms. The van der Waals surface area contributed by atoms with Crippen LogP contribution in [0.15, 0.2) is 23.3 Å². The molecule has 0 saturated carbocycles. The molecule has 0 radical (unpaired) electrons. The number of pyridine rings is 1. The van der Waals surface area contributed by atoms with Crippen molar-refractivity contribution in [1.82, 2.24) is 10.3 Å². The number of aliphatic imine (C=N–C) groups is 1. The molecule has 0 unspecified atom stereocenters. The highest BCUT2D eigenvalue weighted by Gasteiger charge is 2.34. The predicted molar refractivity (Wildman–Crippen MR) is 98.8 cm³/mol. The third kappa shape index (κ3) is 9.14. The van der Waals surface area contributed by atoms with E-state index in [0.717, 1.165) is 25.3 Å². The second-order valence-electron chi connectivity index (χ2n) is 4.96. The van der Waals surface area contributed by atoms with Crippen LogP contribution in [0, 0.1) is 0 Å². The van der Waals surface area contributed by atoms with Crippen molar-refractivity contribution in [3.63, 3.8) is 0 Å². The predicted octanol–water partition coefficient (Wildman–Crippen LogP) is 3.58. The van der Waals surface area contributed by atoms with Crippen molar-refractivity contribution in [3.8, 4) is 5.88 Å². The van der Waals surface area contributed by atoms with E-state index >= 15 is 0 Å². The van der Waals surface area contributed by atoms with Crippen LogP contribution in [0.1, 0.15) is 38.2 Å². The first kappa shape index (κ1) is 22.7. The van der Waals surface area contributed by atoms with Gasteiger partial charge in [-0.3, -0.25) is 4.99 Å². The largest absolute Gasteiger partial charge is 0.475 e. The average molecular weight is 460 g/mol. The number of nitrogens with two attached hydrogens (primary N) is 1. The molecule has 1 rings (SSSR count). The molecule has 0 aliphatic heterocycles. The lowest BCUT2D eigenvalue weighted by atomic mass is 10.2. The number of hydrogen-bond acceptors (Lipinski definition) is 3. The zero-order valence-electron chi connectivity index (χ0n) is 13.6. The highest BCUT2D eigenvalue weighted by atomic mass is 127. The summed E-state index contributed by atoms with van der Waals surface area (Å²) in [7, 11) is 0. The van der Waals surface area contributed by atoms with Gasteiger partial charge in [0.05, 0.1) is 6.54 Å². The second-order valence-corrected chi connectivity index (χ2v) is 4.96. The highest BCUT2D eigenvalue weighted by molar-refractivity contribution is 14.0. The van der Waals surface area contributed by atoms with Gasteiger partial charge in [-0.05, 0) is 18.6 Å². The molecule has 0 aliphatic carbocycles. The topological polar surface area (TPSA) is 72.5 Å². The molecular formula is C15H24F3IN4O. The molecule has 0 spiro atoms. The molecule has 0 aliphatic rings. The SMILES string of the molecule is CCCCCCN=C(N)NCCOc1ncccc1C(F)(F)F.I. The van der Waals surface area contributed by atoms with Gasteiger partial charge in [-0.1, -0.05) is 26.2 Å². The molecule has 0 atom stereocenters. The summed E-state index contributed by atoms with van der Waals surface area (Å²) in [4.78, 5) is 7.74. The molecular weight excluding hydrogens is 436 g/mol. The Hall–Kier alpha value is -1.26. The van der Waals surface area contributed by atoms with Gasteiger partial charge in [0.15, 0.2) is 5.96 Å². The Morgan fingerprint density at radius 2 is 2.08 bits per heavy atom. The summed E-state index contributed by atoms with van der Waals surface area (Å²) in [5.41, 5.74) is 4.76. The summed E-state index contributed by atoms with van der Waals surface area (Å²) < 4.78 is 43.3. The third-order valence-electron chi connectivity index (χ3n) is 3.02. The maximum absolute atomic E-state index is 12.7. The number of alkyl halides is 3. The quantitative estimate of drug-likeness (QED) is 0.256. The minimum Gasteiger partial charge on any atom is -0.475 e. The first-order chi connectivity index (χ1) is 10.9. The molecule has 9 heteroatoms. The van der Waals surface area contributed by atoms with E-state index in [1.165, 1.54) is 18.7 Å². The Labute approximate surface area is 157 Å². The zero-order chi connectivity index (χ0) is 17.1. The summed E-state index contributed by atoms with van der Waals surface area (Å²) >= 11 is 0. The van der Waals surface area contributed by atoms with Gasteiger partial charge in [-0.2, -0.15) is 13.2 Å². The van der Waals surface area contributed by atoms with Gasteiger partial charge in [-0.15, -0.1) is 24.0 Å². The summed E-state index contributed by atoms with van der Waals surface area (Å²) in [5, 5.41) is 2.80. The number of rotatable bonds is 9. The summed E-state index contributed by atoms with van der Waals surface area (Å²) in [6.07, 6.45) is 1.16. The Balaban J connectivity index is 0.00000529. The fourth-order valence-electron chi connectivity index (χ4n) is 1.84. The maximum atomic E-state index is 12.7. The monoisotopic (exact) mass is 460 g/mol. The highest BCUT2D eigenvalue weighted by Crippen LogP contribution is 2.34. The van der Waals surface area contributed by atoms with Gasteiger partial charge in [0.2, 0.25) is 5.88 Å². The molecule has 0 fully saturated rings. The van der Waals surface area contributed by atoms with Crippen LogP contribution in [-0.4, -0.2) is 30.6 Å². The number of aromatic nitrogens is 1. The minimum absolute atomic E-state index is 0. The Morgan fingerprint density at radius 1 is 1.33 bits per heavy atom. The lowest BCUT2D eigenvalue weighted by Gasteiger charge is -2.12. The fourth-order valence-corrected chi connectivity index (χ4v) is 1.84. The van der Waals surface area contributed by atoms with E-state index in [2.05, 4.69) is 22.2 Å². The van der Waals surface area contributed by atoms with Crippen LogP contribution in [0.4, 0.5) is 13.2 Å². The number of halogens is 4.